The quantitative estimate of drug-likeness (QED) is 0.769. The van der Waals surface area contributed by atoms with E-state index in [9.17, 15) is 4.79 Å². The van der Waals surface area contributed by atoms with E-state index in [1.165, 1.54) is 0 Å². The molecule has 0 saturated heterocycles. The minimum Gasteiger partial charge on any atom is -0.494 e. The first-order chi connectivity index (χ1) is 9.29. The lowest BCUT2D eigenvalue weighted by Crippen LogP contribution is -2.04. The maximum absolute atomic E-state index is 11.7. The Hall–Kier alpha value is -2.29. The summed E-state index contributed by atoms with van der Waals surface area (Å²) in [5, 5.41) is 0. The first kappa shape index (κ1) is 13.1. The lowest BCUT2D eigenvalue weighted by molar-refractivity contribution is 0.0472. The zero-order chi connectivity index (χ0) is 13.5. The average Bonchev–Trinajstić information content (AvgIpc) is 2.47. The van der Waals surface area contributed by atoms with Crippen molar-refractivity contribution >= 4 is 5.97 Å². The fourth-order valence-corrected chi connectivity index (χ4v) is 1.66. The van der Waals surface area contributed by atoms with Crippen LogP contribution in [-0.4, -0.2) is 12.6 Å². The fourth-order valence-electron chi connectivity index (χ4n) is 1.66. The largest absolute Gasteiger partial charge is 0.494 e. The molecule has 19 heavy (non-hydrogen) atoms. The van der Waals surface area contributed by atoms with Crippen LogP contribution in [0, 0.1) is 0 Å². The summed E-state index contributed by atoms with van der Waals surface area (Å²) in [7, 11) is 0. The van der Waals surface area contributed by atoms with Crippen LogP contribution in [0.3, 0.4) is 0 Å². The Morgan fingerprint density at radius 3 is 2.32 bits per heavy atom. The van der Waals surface area contributed by atoms with Gasteiger partial charge in [-0.1, -0.05) is 30.3 Å². The highest BCUT2D eigenvalue weighted by Gasteiger charge is 2.06. The van der Waals surface area contributed by atoms with Crippen molar-refractivity contribution in [3.63, 3.8) is 0 Å². The molecule has 0 fully saturated rings. The Balaban J connectivity index is 1.90. The van der Waals surface area contributed by atoms with Crippen LogP contribution in [0.15, 0.2) is 54.6 Å². The van der Waals surface area contributed by atoms with Gasteiger partial charge in [0.25, 0.3) is 0 Å². The summed E-state index contributed by atoms with van der Waals surface area (Å²) >= 11 is 0. The summed E-state index contributed by atoms with van der Waals surface area (Å²) in [5.41, 5.74) is 1.50. The molecule has 0 spiro atoms. The molecule has 0 amide bonds. The molecular weight excluding hydrogens is 240 g/mol. The zero-order valence-electron chi connectivity index (χ0n) is 10.8. The summed E-state index contributed by atoms with van der Waals surface area (Å²) in [5.74, 6) is 0.509. The van der Waals surface area contributed by atoms with Gasteiger partial charge in [-0.15, -0.1) is 0 Å². The van der Waals surface area contributed by atoms with Gasteiger partial charge in [0.1, 0.15) is 12.4 Å². The molecule has 0 aliphatic carbocycles. The lowest BCUT2D eigenvalue weighted by Gasteiger charge is -2.06. The predicted octanol–water partition coefficient (Wildman–Crippen LogP) is 3.44. The second kappa shape index (κ2) is 6.59. The molecule has 98 valence electrons. The van der Waals surface area contributed by atoms with Crippen LogP contribution >= 0.6 is 0 Å². The molecule has 0 radical (unpaired) electrons. The molecule has 0 heterocycles. The summed E-state index contributed by atoms with van der Waals surface area (Å²) in [6.45, 7) is 2.85. The molecule has 0 saturated carbocycles. The topological polar surface area (TPSA) is 35.5 Å². The number of carbonyl (C=O) groups is 1. The van der Waals surface area contributed by atoms with Crippen molar-refractivity contribution in [3.8, 4) is 5.75 Å². The number of benzene rings is 2. The van der Waals surface area contributed by atoms with Gasteiger partial charge < -0.3 is 9.47 Å². The van der Waals surface area contributed by atoms with Crippen molar-refractivity contribution in [2.24, 2.45) is 0 Å². The van der Waals surface area contributed by atoms with E-state index >= 15 is 0 Å². The van der Waals surface area contributed by atoms with Crippen LogP contribution in [0.4, 0.5) is 0 Å². The van der Waals surface area contributed by atoms with E-state index in [0.717, 1.165) is 11.3 Å². The van der Waals surface area contributed by atoms with Gasteiger partial charge in [-0.25, -0.2) is 4.79 Å². The first-order valence-corrected chi connectivity index (χ1v) is 6.23. The number of hydrogen-bond donors (Lipinski definition) is 0. The second-order valence-corrected chi connectivity index (χ2v) is 4.02. The monoisotopic (exact) mass is 256 g/mol. The molecule has 0 aliphatic heterocycles. The van der Waals surface area contributed by atoms with Gasteiger partial charge in [-0.2, -0.15) is 0 Å². The minimum absolute atomic E-state index is 0.264. The van der Waals surface area contributed by atoms with Gasteiger partial charge in [0, 0.05) is 0 Å². The van der Waals surface area contributed by atoms with Gasteiger partial charge in [-0.3, -0.25) is 0 Å². The van der Waals surface area contributed by atoms with Crippen molar-refractivity contribution in [2.45, 2.75) is 13.5 Å². The molecular formula is C16H16O3. The molecule has 3 nitrogen and oxygen atoms in total. The highest BCUT2D eigenvalue weighted by Crippen LogP contribution is 2.13. The van der Waals surface area contributed by atoms with Gasteiger partial charge in [0.15, 0.2) is 0 Å². The average molecular weight is 256 g/mol. The van der Waals surface area contributed by atoms with Crippen molar-refractivity contribution < 1.29 is 14.3 Å². The molecule has 2 aromatic carbocycles. The van der Waals surface area contributed by atoms with Crippen molar-refractivity contribution in [2.75, 3.05) is 6.61 Å². The van der Waals surface area contributed by atoms with E-state index in [0.29, 0.717) is 12.2 Å². The zero-order valence-corrected chi connectivity index (χ0v) is 10.8. The van der Waals surface area contributed by atoms with Crippen molar-refractivity contribution in [3.05, 3.63) is 65.7 Å². The Morgan fingerprint density at radius 2 is 1.68 bits per heavy atom. The van der Waals surface area contributed by atoms with E-state index in [-0.39, 0.29) is 12.6 Å². The number of carbonyl (C=O) groups excluding carboxylic acids is 1. The van der Waals surface area contributed by atoms with Gasteiger partial charge in [0.05, 0.1) is 12.2 Å². The molecule has 0 bridgehead atoms. The Morgan fingerprint density at radius 1 is 1.00 bits per heavy atom. The minimum atomic E-state index is -0.311. The van der Waals surface area contributed by atoms with Gasteiger partial charge in [0.2, 0.25) is 0 Å². The summed E-state index contributed by atoms with van der Waals surface area (Å²) in [6.07, 6.45) is 0. The molecule has 2 aromatic rings. The van der Waals surface area contributed by atoms with E-state index in [2.05, 4.69) is 0 Å². The van der Waals surface area contributed by atoms with Crippen molar-refractivity contribution in [1.29, 1.82) is 0 Å². The van der Waals surface area contributed by atoms with E-state index in [4.69, 9.17) is 9.47 Å². The predicted molar refractivity (Wildman–Crippen MR) is 73.2 cm³/mol. The van der Waals surface area contributed by atoms with Crippen LogP contribution in [-0.2, 0) is 11.3 Å². The van der Waals surface area contributed by atoms with Crippen LogP contribution < -0.4 is 4.74 Å². The van der Waals surface area contributed by atoms with E-state index in [1.807, 2.05) is 49.4 Å². The molecule has 2 rings (SSSR count). The third-order valence-electron chi connectivity index (χ3n) is 2.61. The van der Waals surface area contributed by atoms with Crippen LogP contribution in [0.5, 0.6) is 5.75 Å². The lowest BCUT2D eigenvalue weighted by atomic mass is 10.2. The number of esters is 1. The maximum atomic E-state index is 11.7. The van der Waals surface area contributed by atoms with E-state index < -0.39 is 0 Å². The van der Waals surface area contributed by atoms with Crippen LogP contribution in [0.2, 0.25) is 0 Å². The second-order valence-electron chi connectivity index (χ2n) is 4.02. The van der Waals surface area contributed by atoms with Crippen LogP contribution in [0.25, 0.3) is 0 Å². The normalized spacial score (nSPS) is 9.95. The van der Waals surface area contributed by atoms with Gasteiger partial charge >= 0.3 is 5.97 Å². The summed E-state index contributed by atoms with van der Waals surface area (Å²) < 4.78 is 10.6. The van der Waals surface area contributed by atoms with Crippen LogP contribution in [0.1, 0.15) is 22.8 Å². The van der Waals surface area contributed by atoms with Gasteiger partial charge in [-0.05, 0) is 36.8 Å². The van der Waals surface area contributed by atoms with E-state index in [1.54, 1.807) is 12.1 Å². The smallest absolute Gasteiger partial charge is 0.338 e. The molecule has 0 aliphatic rings. The highest BCUT2D eigenvalue weighted by atomic mass is 16.5. The molecule has 0 N–H and O–H groups in total. The highest BCUT2D eigenvalue weighted by molar-refractivity contribution is 5.89. The molecule has 0 unspecified atom stereocenters. The SMILES string of the molecule is CCOc1ccc(COC(=O)c2ccccc2)cc1. The standard InChI is InChI=1S/C16H16O3/c1-2-18-15-10-8-13(9-11-15)12-19-16(17)14-6-4-3-5-7-14/h3-11H,2,12H2,1H3. The first-order valence-electron chi connectivity index (χ1n) is 6.23. The van der Waals surface area contributed by atoms with Crippen molar-refractivity contribution in [1.82, 2.24) is 0 Å². The Kier molecular flexibility index (Phi) is 4.56. The molecule has 0 aromatic heterocycles. The maximum Gasteiger partial charge on any atom is 0.338 e. The Labute approximate surface area is 112 Å². The number of ether oxygens (including phenoxy) is 2. The molecule has 3 heteroatoms. The summed E-state index contributed by atoms with van der Waals surface area (Å²) in [4.78, 5) is 11.7. The number of rotatable bonds is 5. The molecule has 0 atom stereocenters. The third-order valence-corrected chi connectivity index (χ3v) is 2.61. The third kappa shape index (κ3) is 3.85. The Bertz CT molecular complexity index is 517. The number of hydrogen-bond acceptors (Lipinski definition) is 3. The fraction of sp³-hybridized carbons (Fsp3) is 0.188. The summed E-state index contributed by atoms with van der Waals surface area (Å²) in [6, 6.07) is 16.5.